The molecule has 0 atom stereocenters. The monoisotopic (exact) mass is 286 g/mol. The Labute approximate surface area is 123 Å². The highest BCUT2D eigenvalue weighted by Gasteiger charge is 2.17. The maximum Gasteiger partial charge on any atom is 0.170 e. The minimum absolute atomic E-state index is 0.141. The molecule has 2 rings (SSSR count). The average molecular weight is 286 g/mol. The predicted molar refractivity (Wildman–Crippen MR) is 79.9 cm³/mol. The summed E-state index contributed by atoms with van der Waals surface area (Å²) in [4.78, 5) is 12.1. The Hall–Kier alpha value is -2.49. The van der Waals surface area contributed by atoms with Gasteiger partial charge in [-0.15, -0.1) is 0 Å². The van der Waals surface area contributed by atoms with Gasteiger partial charge in [0.1, 0.15) is 22.8 Å². The van der Waals surface area contributed by atoms with Gasteiger partial charge in [0.25, 0.3) is 0 Å². The van der Waals surface area contributed by atoms with E-state index in [1.807, 2.05) is 24.3 Å². The molecule has 4 nitrogen and oxygen atoms in total. The molecule has 0 aliphatic heterocycles. The first-order valence-electron chi connectivity index (χ1n) is 6.87. The number of aromatic hydroxyl groups is 3. The molecule has 0 radical (unpaired) electrons. The Morgan fingerprint density at radius 3 is 2.00 bits per heavy atom. The molecule has 0 saturated heterocycles. The molecule has 0 saturated carbocycles. The van der Waals surface area contributed by atoms with E-state index in [4.69, 9.17) is 0 Å². The first-order chi connectivity index (χ1) is 10.0. The summed E-state index contributed by atoms with van der Waals surface area (Å²) in [5.41, 5.74) is 2.12. The summed E-state index contributed by atoms with van der Waals surface area (Å²) in [5.74, 6) is -1.45. The lowest BCUT2D eigenvalue weighted by Gasteiger charge is -2.07. The molecule has 0 fully saturated rings. The van der Waals surface area contributed by atoms with Crippen LogP contribution < -0.4 is 0 Å². The van der Waals surface area contributed by atoms with Crippen LogP contribution in [0.5, 0.6) is 17.2 Å². The number of carbonyl (C=O) groups excluding carboxylic acids is 1. The van der Waals surface area contributed by atoms with Gasteiger partial charge in [-0.05, 0) is 24.0 Å². The van der Waals surface area contributed by atoms with Crippen LogP contribution in [0.3, 0.4) is 0 Å². The van der Waals surface area contributed by atoms with Gasteiger partial charge in [-0.2, -0.15) is 0 Å². The lowest BCUT2D eigenvalue weighted by molar-refractivity contribution is 0.0977. The molecule has 110 valence electrons. The molecular formula is C17H18O4. The second-order valence-corrected chi connectivity index (χ2v) is 4.95. The summed E-state index contributed by atoms with van der Waals surface area (Å²) in [6.07, 6.45) is 1.68. The molecule has 2 aromatic carbocycles. The number of hydrogen-bond donors (Lipinski definition) is 3. The van der Waals surface area contributed by atoms with Crippen LogP contribution in [0, 0.1) is 0 Å². The molecule has 0 unspecified atom stereocenters. The summed E-state index contributed by atoms with van der Waals surface area (Å²) >= 11 is 0. The van der Waals surface area contributed by atoms with Gasteiger partial charge >= 0.3 is 0 Å². The number of benzene rings is 2. The fourth-order valence-corrected chi connectivity index (χ4v) is 2.21. The van der Waals surface area contributed by atoms with Gasteiger partial charge in [0.15, 0.2) is 5.78 Å². The fourth-order valence-electron chi connectivity index (χ4n) is 2.21. The van der Waals surface area contributed by atoms with Gasteiger partial charge in [-0.3, -0.25) is 4.79 Å². The Kier molecular flexibility index (Phi) is 4.48. The molecule has 4 heteroatoms. The summed E-state index contributed by atoms with van der Waals surface area (Å²) in [6, 6.07) is 10.1. The van der Waals surface area contributed by atoms with Crippen molar-refractivity contribution in [3.8, 4) is 17.2 Å². The average Bonchev–Trinajstić information content (AvgIpc) is 2.44. The number of aryl methyl sites for hydroxylation is 2. The van der Waals surface area contributed by atoms with Crippen molar-refractivity contribution >= 4 is 5.78 Å². The van der Waals surface area contributed by atoms with Gasteiger partial charge in [-0.25, -0.2) is 0 Å². The summed E-state index contributed by atoms with van der Waals surface area (Å²) < 4.78 is 0. The quantitative estimate of drug-likeness (QED) is 0.738. The minimum Gasteiger partial charge on any atom is -0.508 e. The van der Waals surface area contributed by atoms with E-state index in [2.05, 4.69) is 6.92 Å². The van der Waals surface area contributed by atoms with Crippen LogP contribution >= 0.6 is 0 Å². The molecule has 3 N–H and O–H groups in total. The maximum atomic E-state index is 12.1. The zero-order valence-electron chi connectivity index (χ0n) is 11.8. The lowest BCUT2D eigenvalue weighted by Crippen LogP contribution is -2.02. The van der Waals surface area contributed by atoms with E-state index in [1.165, 1.54) is 5.56 Å². The number of phenolic OH excluding ortho intramolecular Hbond substituents is 3. The Bertz CT molecular complexity index is 621. The smallest absolute Gasteiger partial charge is 0.170 e. The van der Waals surface area contributed by atoms with Crippen molar-refractivity contribution in [2.75, 3.05) is 0 Å². The summed E-state index contributed by atoms with van der Waals surface area (Å²) in [5, 5.41) is 28.6. The number of ketones is 1. The van der Waals surface area contributed by atoms with Crippen molar-refractivity contribution in [2.24, 2.45) is 0 Å². The molecule has 0 aliphatic carbocycles. The first kappa shape index (κ1) is 14.9. The zero-order chi connectivity index (χ0) is 15.4. The maximum absolute atomic E-state index is 12.1. The molecule has 0 aromatic heterocycles. The second kappa shape index (κ2) is 6.31. The highest BCUT2D eigenvalue weighted by Crippen LogP contribution is 2.33. The SMILES string of the molecule is CCc1ccc(CCC(=O)c2c(O)cc(O)cc2O)cc1. The normalized spacial score (nSPS) is 10.5. The van der Waals surface area contributed by atoms with Gasteiger partial charge in [0.2, 0.25) is 0 Å². The molecule has 2 aromatic rings. The van der Waals surface area contributed by atoms with Crippen LogP contribution in [0.2, 0.25) is 0 Å². The fraction of sp³-hybridized carbons (Fsp3) is 0.235. The van der Waals surface area contributed by atoms with Gasteiger partial charge in [0.05, 0.1) is 0 Å². The lowest BCUT2D eigenvalue weighted by atomic mass is 10.00. The van der Waals surface area contributed by atoms with Gasteiger partial charge in [0, 0.05) is 18.6 Å². The predicted octanol–water partition coefficient (Wildman–Crippen LogP) is 3.18. The second-order valence-electron chi connectivity index (χ2n) is 4.95. The highest BCUT2D eigenvalue weighted by atomic mass is 16.3. The van der Waals surface area contributed by atoms with E-state index >= 15 is 0 Å². The summed E-state index contributed by atoms with van der Waals surface area (Å²) in [6.45, 7) is 2.08. The number of hydrogen-bond acceptors (Lipinski definition) is 4. The highest BCUT2D eigenvalue weighted by molar-refractivity contribution is 6.01. The number of carbonyl (C=O) groups is 1. The Morgan fingerprint density at radius 2 is 1.48 bits per heavy atom. The number of Topliss-reactive ketones (excluding diaryl/α,β-unsaturated/α-hetero) is 1. The first-order valence-corrected chi connectivity index (χ1v) is 6.87. The van der Waals surface area contributed by atoms with Crippen molar-refractivity contribution in [3.05, 3.63) is 53.1 Å². The summed E-state index contributed by atoms with van der Waals surface area (Å²) in [7, 11) is 0. The molecule has 21 heavy (non-hydrogen) atoms. The Balaban J connectivity index is 2.08. The van der Waals surface area contributed by atoms with Crippen molar-refractivity contribution < 1.29 is 20.1 Å². The number of phenols is 3. The molecule has 0 aliphatic rings. The van der Waals surface area contributed by atoms with Crippen LogP contribution in [-0.4, -0.2) is 21.1 Å². The largest absolute Gasteiger partial charge is 0.508 e. The van der Waals surface area contributed by atoms with Crippen LogP contribution in [0.25, 0.3) is 0 Å². The molecular weight excluding hydrogens is 268 g/mol. The third-order valence-corrected chi connectivity index (χ3v) is 3.43. The van der Waals surface area contributed by atoms with Crippen LogP contribution in [0.4, 0.5) is 0 Å². The van der Waals surface area contributed by atoms with E-state index in [9.17, 15) is 20.1 Å². The van der Waals surface area contributed by atoms with Crippen molar-refractivity contribution in [3.63, 3.8) is 0 Å². The number of rotatable bonds is 5. The third-order valence-electron chi connectivity index (χ3n) is 3.43. The molecule has 0 spiro atoms. The molecule has 0 amide bonds. The van der Waals surface area contributed by atoms with Crippen molar-refractivity contribution in [2.45, 2.75) is 26.2 Å². The minimum atomic E-state index is -0.404. The van der Waals surface area contributed by atoms with E-state index in [0.717, 1.165) is 24.1 Å². The van der Waals surface area contributed by atoms with Crippen LogP contribution in [0.15, 0.2) is 36.4 Å². The van der Waals surface area contributed by atoms with E-state index in [-0.39, 0.29) is 23.5 Å². The van der Waals surface area contributed by atoms with Crippen LogP contribution in [0.1, 0.15) is 34.8 Å². The molecule has 0 bridgehead atoms. The van der Waals surface area contributed by atoms with Gasteiger partial charge < -0.3 is 15.3 Å². The van der Waals surface area contributed by atoms with E-state index < -0.39 is 11.5 Å². The van der Waals surface area contributed by atoms with Gasteiger partial charge in [-0.1, -0.05) is 31.2 Å². The van der Waals surface area contributed by atoms with Crippen molar-refractivity contribution in [1.29, 1.82) is 0 Å². The van der Waals surface area contributed by atoms with Crippen LogP contribution in [-0.2, 0) is 12.8 Å². The standard InChI is InChI=1S/C17H18O4/c1-2-11-3-5-12(6-4-11)7-8-14(19)17-15(20)9-13(18)10-16(17)21/h3-6,9-10,18,20-21H,2,7-8H2,1H3. The van der Waals surface area contributed by atoms with Crippen molar-refractivity contribution in [1.82, 2.24) is 0 Å². The van der Waals surface area contributed by atoms with E-state index in [1.54, 1.807) is 0 Å². The molecule has 0 heterocycles. The third kappa shape index (κ3) is 3.54. The van der Waals surface area contributed by atoms with E-state index in [0.29, 0.717) is 6.42 Å². The Morgan fingerprint density at radius 1 is 0.952 bits per heavy atom. The zero-order valence-corrected chi connectivity index (χ0v) is 11.8. The topological polar surface area (TPSA) is 77.8 Å².